The van der Waals surface area contributed by atoms with Crippen LogP contribution in [0.15, 0.2) is 22.7 Å². The highest BCUT2D eigenvalue weighted by Crippen LogP contribution is 2.43. The molecule has 21 heavy (non-hydrogen) atoms. The molecule has 0 aliphatic heterocycles. The van der Waals surface area contributed by atoms with Gasteiger partial charge in [-0.2, -0.15) is 5.26 Å². The number of nitrogens with zero attached hydrogens (tertiary/aromatic N) is 1. The third-order valence-corrected chi connectivity index (χ3v) is 5.55. The van der Waals surface area contributed by atoms with E-state index in [0.717, 1.165) is 35.4 Å². The highest BCUT2D eigenvalue weighted by molar-refractivity contribution is 9.10. The van der Waals surface area contributed by atoms with Gasteiger partial charge in [0.1, 0.15) is 5.75 Å². The summed E-state index contributed by atoms with van der Waals surface area (Å²) in [5.74, 6) is 1.69. The molecule has 114 valence electrons. The van der Waals surface area contributed by atoms with Crippen molar-refractivity contribution >= 4 is 15.9 Å². The van der Waals surface area contributed by atoms with Crippen LogP contribution in [0.5, 0.6) is 5.75 Å². The monoisotopic (exact) mass is 349 g/mol. The van der Waals surface area contributed by atoms with E-state index >= 15 is 0 Å². The topological polar surface area (TPSA) is 33.0 Å². The first-order valence-electron chi connectivity index (χ1n) is 7.86. The Hall–Kier alpha value is -1.01. The zero-order valence-corrected chi connectivity index (χ0v) is 14.6. The predicted octanol–water partition coefficient (Wildman–Crippen LogP) is 5.50. The minimum atomic E-state index is -0.195. The lowest BCUT2D eigenvalue weighted by Crippen LogP contribution is -2.28. The van der Waals surface area contributed by atoms with Crippen LogP contribution >= 0.6 is 15.9 Å². The second kappa shape index (κ2) is 7.31. The summed E-state index contributed by atoms with van der Waals surface area (Å²) < 4.78 is 6.39. The Bertz CT molecular complexity index is 512. The molecule has 3 heteroatoms. The van der Waals surface area contributed by atoms with Gasteiger partial charge in [-0.1, -0.05) is 35.7 Å². The lowest BCUT2D eigenvalue weighted by Gasteiger charge is -2.35. The lowest BCUT2D eigenvalue weighted by atomic mass is 9.67. The fourth-order valence-corrected chi connectivity index (χ4v) is 3.82. The number of ether oxygens (including phenoxy) is 1. The second-order valence-corrected chi connectivity index (χ2v) is 7.11. The number of hydrogen-bond donors (Lipinski definition) is 0. The van der Waals surface area contributed by atoms with Crippen molar-refractivity contribution in [2.24, 2.45) is 11.3 Å². The van der Waals surface area contributed by atoms with Gasteiger partial charge in [0.15, 0.2) is 0 Å². The molecule has 0 heterocycles. The van der Waals surface area contributed by atoms with Crippen molar-refractivity contribution in [2.75, 3.05) is 7.11 Å². The molecule has 1 aliphatic carbocycles. The van der Waals surface area contributed by atoms with Gasteiger partial charge in [0.2, 0.25) is 0 Å². The van der Waals surface area contributed by atoms with Crippen LogP contribution in [-0.4, -0.2) is 7.11 Å². The number of rotatable bonds is 5. The Balaban J connectivity index is 2.11. The SMILES string of the molecule is CCCC1CCC(C#N)(Cc2cc(OC)ccc2Br)CC1. The summed E-state index contributed by atoms with van der Waals surface area (Å²) in [4.78, 5) is 0. The maximum Gasteiger partial charge on any atom is 0.119 e. The first-order chi connectivity index (χ1) is 10.1. The van der Waals surface area contributed by atoms with E-state index in [9.17, 15) is 5.26 Å². The van der Waals surface area contributed by atoms with Gasteiger partial charge in [-0.15, -0.1) is 0 Å². The smallest absolute Gasteiger partial charge is 0.119 e. The summed E-state index contributed by atoms with van der Waals surface area (Å²) in [6.07, 6.45) is 7.83. The molecule has 0 bridgehead atoms. The molecule has 0 unspecified atom stereocenters. The molecule has 1 aliphatic rings. The van der Waals surface area contributed by atoms with E-state index in [2.05, 4.69) is 35.0 Å². The van der Waals surface area contributed by atoms with Crippen molar-refractivity contribution in [3.63, 3.8) is 0 Å². The number of halogens is 1. The van der Waals surface area contributed by atoms with Gasteiger partial charge in [-0.25, -0.2) is 0 Å². The summed E-state index contributed by atoms with van der Waals surface area (Å²) in [5.41, 5.74) is 0.990. The standard InChI is InChI=1S/C18H24BrNO/c1-3-4-14-7-9-18(13-20,10-8-14)12-15-11-16(21-2)5-6-17(15)19/h5-6,11,14H,3-4,7-10,12H2,1-2H3. The Morgan fingerprint density at radius 3 is 2.67 bits per heavy atom. The number of methoxy groups -OCH3 is 1. The van der Waals surface area contributed by atoms with Crippen LogP contribution < -0.4 is 4.74 Å². The molecule has 1 fully saturated rings. The van der Waals surface area contributed by atoms with Gasteiger partial charge >= 0.3 is 0 Å². The maximum atomic E-state index is 9.74. The van der Waals surface area contributed by atoms with Gasteiger partial charge in [-0.05, 0) is 61.8 Å². The van der Waals surface area contributed by atoms with Gasteiger partial charge in [0, 0.05) is 4.47 Å². The second-order valence-electron chi connectivity index (χ2n) is 6.26. The van der Waals surface area contributed by atoms with Crippen molar-refractivity contribution in [1.29, 1.82) is 5.26 Å². The number of benzene rings is 1. The van der Waals surface area contributed by atoms with E-state index in [1.54, 1.807) is 7.11 Å². The highest BCUT2D eigenvalue weighted by Gasteiger charge is 2.35. The van der Waals surface area contributed by atoms with E-state index in [0.29, 0.717) is 0 Å². The number of hydrogen-bond acceptors (Lipinski definition) is 2. The Kier molecular flexibility index (Phi) is 5.70. The fraction of sp³-hybridized carbons (Fsp3) is 0.611. The van der Waals surface area contributed by atoms with Gasteiger partial charge in [-0.3, -0.25) is 0 Å². The zero-order valence-electron chi connectivity index (χ0n) is 13.0. The molecular formula is C18H24BrNO. The fourth-order valence-electron chi connectivity index (χ4n) is 3.43. The van der Waals surface area contributed by atoms with Crippen molar-refractivity contribution in [2.45, 2.75) is 51.9 Å². The molecule has 0 aromatic heterocycles. The summed E-state index contributed by atoms with van der Waals surface area (Å²) in [6, 6.07) is 8.65. The molecule has 0 radical (unpaired) electrons. The first-order valence-corrected chi connectivity index (χ1v) is 8.65. The minimum absolute atomic E-state index is 0.195. The Morgan fingerprint density at radius 2 is 2.10 bits per heavy atom. The largest absolute Gasteiger partial charge is 0.497 e. The number of nitriles is 1. The lowest BCUT2D eigenvalue weighted by molar-refractivity contribution is 0.200. The van der Waals surface area contributed by atoms with E-state index in [1.165, 1.54) is 31.2 Å². The zero-order chi connectivity index (χ0) is 15.3. The van der Waals surface area contributed by atoms with Gasteiger partial charge < -0.3 is 4.74 Å². The van der Waals surface area contributed by atoms with E-state index in [-0.39, 0.29) is 5.41 Å². The molecule has 1 aromatic carbocycles. The van der Waals surface area contributed by atoms with Gasteiger partial charge in [0.05, 0.1) is 18.6 Å². The van der Waals surface area contributed by atoms with Crippen LogP contribution in [0, 0.1) is 22.7 Å². The van der Waals surface area contributed by atoms with Crippen molar-refractivity contribution in [3.8, 4) is 11.8 Å². The highest BCUT2D eigenvalue weighted by atomic mass is 79.9. The molecule has 2 nitrogen and oxygen atoms in total. The van der Waals surface area contributed by atoms with Crippen LogP contribution in [0.2, 0.25) is 0 Å². The molecule has 0 spiro atoms. The van der Waals surface area contributed by atoms with E-state index in [4.69, 9.17) is 4.74 Å². The molecule has 0 atom stereocenters. The van der Waals surface area contributed by atoms with Crippen LogP contribution in [0.1, 0.15) is 51.0 Å². The molecule has 2 rings (SSSR count). The molecule has 1 aromatic rings. The van der Waals surface area contributed by atoms with Crippen LogP contribution in [0.3, 0.4) is 0 Å². The molecule has 0 saturated heterocycles. The van der Waals surface area contributed by atoms with Crippen molar-refractivity contribution < 1.29 is 4.74 Å². The quantitative estimate of drug-likeness (QED) is 0.702. The first kappa shape index (κ1) is 16.4. The van der Waals surface area contributed by atoms with Crippen LogP contribution in [-0.2, 0) is 6.42 Å². The molecule has 0 amide bonds. The molecular weight excluding hydrogens is 326 g/mol. The average Bonchev–Trinajstić information content (AvgIpc) is 2.52. The Labute approximate surface area is 136 Å². The maximum absolute atomic E-state index is 9.74. The van der Waals surface area contributed by atoms with Crippen LogP contribution in [0.4, 0.5) is 0 Å². The molecule has 0 N–H and O–H groups in total. The van der Waals surface area contributed by atoms with Gasteiger partial charge in [0.25, 0.3) is 0 Å². The minimum Gasteiger partial charge on any atom is -0.497 e. The normalized spacial score (nSPS) is 25.3. The van der Waals surface area contributed by atoms with Crippen LogP contribution in [0.25, 0.3) is 0 Å². The Morgan fingerprint density at radius 1 is 1.38 bits per heavy atom. The van der Waals surface area contributed by atoms with E-state index < -0.39 is 0 Å². The average molecular weight is 350 g/mol. The third kappa shape index (κ3) is 4.01. The predicted molar refractivity (Wildman–Crippen MR) is 89.3 cm³/mol. The van der Waals surface area contributed by atoms with Crippen molar-refractivity contribution in [1.82, 2.24) is 0 Å². The summed E-state index contributed by atoms with van der Waals surface area (Å²) in [6.45, 7) is 2.25. The summed E-state index contributed by atoms with van der Waals surface area (Å²) in [7, 11) is 1.68. The molecule has 1 saturated carbocycles. The van der Waals surface area contributed by atoms with Crippen molar-refractivity contribution in [3.05, 3.63) is 28.2 Å². The summed E-state index contributed by atoms with van der Waals surface area (Å²) in [5, 5.41) is 9.74. The third-order valence-electron chi connectivity index (χ3n) is 4.78. The van der Waals surface area contributed by atoms with E-state index in [1.807, 2.05) is 12.1 Å². The summed E-state index contributed by atoms with van der Waals surface area (Å²) >= 11 is 3.61.